The van der Waals surface area contributed by atoms with Crippen LogP contribution in [0.3, 0.4) is 0 Å². The molecule has 0 radical (unpaired) electrons. The highest BCUT2D eigenvalue weighted by molar-refractivity contribution is 5.38. The van der Waals surface area contributed by atoms with E-state index in [9.17, 15) is 0 Å². The van der Waals surface area contributed by atoms with Crippen LogP contribution in [0.1, 0.15) is 24.1 Å². The molecule has 2 heteroatoms. The van der Waals surface area contributed by atoms with E-state index < -0.39 is 0 Å². The molecule has 0 bridgehead atoms. The van der Waals surface area contributed by atoms with Crippen LogP contribution >= 0.6 is 0 Å². The zero-order chi connectivity index (χ0) is 9.14. The Labute approximate surface area is 73.3 Å². The van der Waals surface area contributed by atoms with Gasteiger partial charge in [0.05, 0.1) is 7.11 Å². The van der Waals surface area contributed by atoms with Gasteiger partial charge in [-0.05, 0) is 25.5 Å². The predicted octanol–water partition coefficient (Wildman–Crippen LogP) is 2.02. The van der Waals surface area contributed by atoms with Gasteiger partial charge < -0.3 is 10.5 Å². The second-order valence-corrected chi connectivity index (χ2v) is 3.03. The second kappa shape index (κ2) is 3.59. The lowest BCUT2D eigenvalue weighted by molar-refractivity contribution is 0.406. The second-order valence-electron chi connectivity index (χ2n) is 3.03. The summed E-state index contributed by atoms with van der Waals surface area (Å²) in [6, 6.07) is 6.08. The molecule has 12 heavy (non-hydrogen) atoms. The Bertz CT molecular complexity index is 269. The first-order chi connectivity index (χ1) is 5.65. The lowest BCUT2D eigenvalue weighted by Crippen LogP contribution is -2.06. The van der Waals surface area contributed by atoms with Crippen molar-refractivity contribution < 1.29 is 4.74 Å². The highest BCUT2D eigenvalue weighted by atomic mass is 16.5. The first-order valence-corrected chi connectivity index (χ1v) is 4.05. The molecule has 0 aliphatic heterocycles. The standard InChI is InChI=1S/C10H15NO/c1-7-4-5-9(8(2)11)10(6-7)12-3/h4-6,8H,11H2,1-3H3. The Kier molecular flexibility index (Phi) is 2.71. The molecule has 0 aliphatic carbocycles. The van der Waals surface area contributed by atoms with Crippen molar-refractivity contribution in [1.82, 2.24) is 0 Å². The van der Waals surface area contributed by atoms with Crippen LogP contribution in [0.15, 0.2) is 18.2 Å². The van der Waals surface area contributed by atoms with Crippen LogP contribution in [-0.2, 0) is 0 Å². The first-order valence-electron chi connectivity index (χ1n) is 4.05. The van der Waals surface area contributed by atoms with E-state index in [0.717, 1.165) is 11.3 Å². The van der Waals surface area contributed by atoms with Gasteiger partial charge in [-0.15, -0.1) is 0 Å². The summed E-state index contributed by atoms with van der Waals surface area (Å²) < 4.78 is 5.21. The van der Waals surface area contributed by atoms with Crippen molar-refractivity contribution in [1.29, 1.82) is 0 Å². The molecule has 0 heterocycles. The fourth-order valence-corrected chi connectivity index (χ4v) is 1.19. The number of hydrogen-bond acceptors (Lipinski definition) is 2. The summed E-state index contributed by atoms with van der Waals surface area (Å²) in [4.78, 5) is 0. The molecule has 0 aromatic heterocycles. The maximum absolute atomic E-state index is 5.76. The molecule has 1 atom stereocenters. The van der Waals surface area contributed by atoms with Crippen LogP contribution in [0.2, 0.25) is 0 Å². The number of nitrogens with two attached hydrogens (primary N) is 1. The molecule has 1 unspecified atom stereocenters. The van der Waals surface area contributed by atoms with Gasteiger partial charge in [0.2, 0.25) is 0 Å². The Morgan fingerprint density at radius 2 is 2.08 bits per heavy atom. The van der Waals surface area contributed by atoms with Gasteiger partial charge in [0, 0.05) is 11.6 Å². The van der Waals surface area contributed by atoms with Crippen molar-refractivity contribution in [3.63, 3.8) is 0 Å². The average molecular weight is 165 g/mol. The van der Waals surface area contributed by atoms with E-state index in [1.54, 1.807) is 7.11 Å². The largest absolute Gasteiger partial charge is 0.496 e. The maximum atomic E-state index is 5.76. The highest BCUT2D eigenvalue weighted by Crippen LogP contribution is 2.24. The van der Waals surface area contributed by atoms with Crippen LogP contribution in [0.4, 0.5) is 0 Å². The minimum atomic E-state index is 0.0283. The molecule has 66 valence electrons. The topological polar surface area (TPSA) is 35.2 Å². The third-order valence-electron chi connectivity index (χ3n) is 1.88. The first kappa shape index (κ1) is 9.07. The van der Waals surface area contributed by atoms with Crippen molar-refractivity contribution in [3.05, 3.63) is 29.3 Å². The third kappa shape index (κ3) is 1.77. The molecule has 0 amide bonds. The summed E-state index contributed by atoms with van der Waals surface area (Å²) in [5.41, 5.74) is 8.01. The predicted molar refractivity (Wildman–Crippen MR) is 50.3 cm³/mol. The van der Waals surface area contributed by atoms with Gasteiger partial charge in [-0.25, -0.2) is 0 Å². The Hall–Kier alpha value is -1.02. The zero-order valence-corrected chi connectivity index (χ0v) is 7.79. The van der Waals surface area contributed by atoms with E-state index in [2.05, 4.69) is 0 Å². The molecule has 0 saturated carbocycles. The van der Waals surface area contributed by atoms with E-state index in [0.29, 0.717) is 0 Å². The molecule has 0 saturated heterocycles. The number of benzene rings is 1. The quantitative estimate of drug-likeness (QED) is 0.727. The summed E-state index contributed by atoms with van der Waals surface area (Å²) >= 11 is 0. The summed E-state index contributed by atoms with van der Waals surface area (Å²) in [5, 5.41) is 0. The number of rotatable bonds is 2. The van der Waals surface area contributed by atoms with Crippen LogP contribution in [-0.4, -0.2) is 7.11 Å². The van der Waals surface area contributed by atoms with Gasteiger partial charge in [-0.2, -0.15) is 0 Å². The molecule has 0 aliphatic rings. The number of hydrogen-bond donors (Lipinski definition) is 1. The van der Waals surface area contributed by atoms with Crippen molar-refractivity contribution >= 4 is 0 Å². The Morgan fingerprint density at radius 3 is 2.58 bits per heavy atom. The molecule has 1 aromatic rings. The molecule has 0 spiro atoms. The average Bonchev–Trinajstić information content (AvgIpc) is 2.03. The van der Waals surface area contributed by atoms with Gasteiger partial charge >= 0.3 is 0 Å². The fraction of sp³-hybridized carbons (Fsp3) is 0.400. The Morgan fingerprint density at radius 1 is 1.42 bits per heavy atom. The van der Waals surface area contributed by atoms with Gasteiger partial charge in [0.25, 0.3) is 0 Å². The maximum Gasteiger partial charge on any atom is 0.123 e. The highest BCUT2D eigenvalue weighted by Gasteiger charge is 2.06. The third-order valence-corrected chi connectivity index (χ3v) is 1.88. The normalized spacial score (nSPS) is 12.7. The SMILES string of the molecule is COc1cc(C)ccc1C(C)N. The van der Waals surface area contributed by atoms with Crippen molar-refractivity contribution in [3.8, 4) is 5.75 Å². The van der Waals surface area contributed by atoms with Crippen LogP contribution < -0.4 is 10.5 Å². The van der Waals surface area contributed by atoms with E-state index in [-0.39, 0.29) is 6.04 Å². The minimum Gasteiger partial charge on any atom is -0.496 e. The number of aryl methyl sites for hydroxylation is 1. The van der Waals surface area contributed by atoms with E-state index in [4.69, 9.17) is 10.5 Å². The molecule has 2 N–H and O–H groups in total. The summed E-state index contributed by atoms with van der Waals surface area (Å²) in [6.45, 7) is 3.99. The van der Waals surface area contributed by atoms with E-state index in [1.807, 2.05) is 32.0 Å². The van der Waals surface area contributed by atoms with E-state index >= 15 is 0 Å². The molecule has 1 aromatic carbocycles. The molecule has 1 rings (SSSR count). The van der Waals surface area contributed by atoms with Crippen LogP contribution in [0.25, 0.3) is 0 Å². The summed E-state index contributed by atoms with van der Waals surface area (Å²) in [7, 11) is 1.67. The van der Waals surface area contributed by atoms with Crippen molar-refractivity contribution in [2.24, 2.45) is 5.73 Å². The number of methoxy groups -OCH3 is 1. The van der Waals surface area contributed by atoms with Crippen LogP contribution in [0.5, 0.6) is 5.75 Å². The van der Waals surface area contributed by atoms with Crippen LogP contribution in [0, 0.1) is 6.92 Å². The number of ether oxygens (including phenoxy) is 1. The van der Waals surface area contributed by atoms with Gasteiger partial charge in [-0.1, -0.05) is 12.1 Å². The summed E-state index contributed by atoms with van der Waals surface area (Å²) in [5.74, 6) is 0.880. The van der Waals surface area contributed by atoms with Crippen molar-refractivity contribution in [2.75, 3.05) is 7.11 Å². The lowest BCUT2D eigenvalue weighted by Gasteiger charge is -2.11. The van der Waals surface area contributed by atoms with Gasteiger partial charge in [0.1, 0.15) is 5.75 Å². The fourth-order valence-electron chi connectivity index (χ4n) is 1.19. The molecule has 0 fully saturated rings. The monoisotopic (exact) mass is 165 g/mol. The Balaban J connectivity index is 3.11. The van der Waals surface area contributed by atoms with E-state index in [1.165, 1.54) is 5.56 Å². The van der Waals surface area contributed by atoms with Crippen molar-refractivity contribution in [2.45, 2.75) is 19.9 Å². The summed E-state index contributed by atoms with van der Waals surface area (Å²) in [6.07, 6.45) is 0. The van der Waals surface area contributed by atoms with Gasteiger partial charge in [-0.3, -0.25) is 0 Å². The molecular weight excluding hydrogens is 150 g/mol. The lowest BCUT2D eigenvalue weighted by atomic mass is 10.1. The smallest absolute Gasteiger partial charge is 0.123 e. The molecular formula is C10H15NO. The zero-order valence-electron chi connectivity index (χ0n) is 7.79. The molecule has 2 nitrogen and oxygen atoms in total. The minimum absolute atomic E-state index is 0.0283. The van der Waals surface area contributed by atoms with Gasteiger partial charge in [0.15, 0.2) is 0 Å².